The van der Waals surface area contributed by atoms with E-state index in [4.69, 9.17) is 4.74 Å². The van der Waals surface area contributed by atoms with Gasteiger partial charge in [-0.3, -0.25) is 9.59 Å². The molecule has 1 N–H and O–H groups in total. The van der Waals surface area contributed by atoms with E-state index in [1.165, 1.54) is 16.0 Å². The molecule has 0 bridgehead atoms. The highest BCUT2D eigenvalue weighted by molar-refractivity contribution is 6.22. The number of carbonyl (C=O) groups excluding carboxylic acids is 3. The minimum absolute atomic E-state index is 0.164. The fourth-order valence-corrected chi connectivity index (χ4v) is 4.08. The Hall–Kier alpha value is -2.99. The van der Waals surface area contributed by atoms with E-state index in [-0.39, 0.29) is 24.3 Å². The van der Waals surface area contributed by atoms with Crippen LogP contribution in [0.2, 0.25) is 0 Å². The molecular formula is C22H23N2O4+. The van der Waals surface area contributed by atoms with Crippen LogP contribution >= 0.6 is 0 Å². The summed E-state index contributed by atoms with van der Waals surface area (Å²) >= 11 is 0. The van der Waals surface area contributed by atoms with Crippen LogP contribution in [0.25, 0.3) is 0 Å². The van der Waals surface area contributed by atoms with Crippen molar-refractivity contribution in [1.82, 2.24) is 0 Å². The number of benzene rings is 2. The van der Waals surface area contributed by atoms with E-state index < -0.39 is 5.97 Å². The lowest BCUT2D eigenvalue weighted by molar-refractivity contribution is -0.930. The molecule has 1 unspecified atom stereocenters. The van der Waals surface area contributed by atoms with Gasteiger partial charge < -0.3 is 9.64 Å². The molecule has 4 rings (SSSR count). The van der Waals surface area contributed by atoms with Crippen LogP contribution in [0.1, 0.15) is 34.8 Å². The van der Waals surface area contributed by atoms with E-state index in [2.05, 4.69) is 12.1 Å². The first kappa shape index (κ1) is 18.4. The molecule has 6 nitrogen and oxygen atoms in total. The third-order valence-electron chi connectivity index (χ3n) is 5.53. The van der Waals surface area contributed by atoms with Gasteiger partial charge in [-0.1, -0.05) is 24.3 Å². The van der Waals surface area contributed by atoms with E-state index in [0.717, 1.165) is 24.4 Å². The lowest BCUT2D eigenvalue weighted by atomic mass is 9.98. The molecule has 2 aliphatic heterocycles. The van der Waals surface area contributed by atoms with E-state index >= 15 is 0 Å². The number of quaternary nitrogens is 1. The molecule has 6 heteroatoms. The smallest absolute Gasteiger partial charge is 0.338 e. The Labute approximate surface area is 163 Å². The quantitative estimate of drug-likeness (QED) is 0.639. The molecule has 144 valence electrons. The zero-order valence-corrected chi connectivity index (χ0v) is 15.8. The summed E-state index contributed by atoms with van der Waals surface area (Å²) in [5.74, 6) is -0.768. The maximum atomic E-state index is 13.0. The minimum Gasteiger partial charge on any atom is -0.462 e. The number of imide groups is 1. The lowest BCUT2D eigenvalue weighted by Gasteiger charge is -2.29. The van der Waals surface area contributed by atoms with Gasteiger partial charge in [-0.2, -0.15) is 0 Å². The van der Waals surface area contributed by atoms with Crippen molar-refractivity contribution in [1.29, 1.82) is 0 Å². The number of carbonyl (C=O) groups is 3. The molecule has 0 aliphatic carbocycles. The van der Waals surface area contributed by atoms with Crippen LogP contribution in [0.15, 0.2) is 48.5 Å². The Morgan fingerprint density at radius 3 is 2.54 bits per heavy atom. The summed E-state index contributed by atoms with van der Waals surface area (Å²) in [6.45, 7) is 3.65. The molecule has 2 amide bonds. The maximum absolute atomic E-state index is 13.0. The summed E-state index contributed by atoms with van der Waals surface area (Å²) in [5.41, 5.74) is 3.48. The highest BCUT2D eigenvalue weighted by Crippen LogP contribution is 2.23. The van der Waals surface area contributed by atoms with Crippen LogP contribution in [0.3, 0.4) is 0 Å². The number of amides is 2. The molecule has 0 radical (unpaired) electrons. The fraction of sp³-hybridized carbons (Fsp3) is 0.318. The van der Waals surface area contributed by atoms with Gasteiger partial charge in [-0.15, -0.1) is 0 Å². The highest BCUT2D eigenvalue weighted by atomic mass is 16.5. The topological polar surface area (TPSA) is 68.1 Å². The van der Waals surface area contributed by atoms with Crippen molar-refractivity contribution in [2.45, 2.75) is 32.4 Å². The minimum atomic E-state index is -0.414. The van der Waals surface area contributed by atoms with Crippen molar-refractivity contribution < 1.29 is 24.0 Å². The predicted octanol–water partition coefficient (Wildman–Crippen LogP) is 1.14. The molecule has 28 heavy (non-hydrogen) atoms. The van der Waals surface area contributed by atoms with Crippen LogP contribution in [-0.4, -0.2) is 37.0 Å². The number of esters is 1. The first-order valence-corrected chi connectivity index (χ1v) is 9.64. The van der Waals surface area contributed by atoms with Crippen molar-refractivity contribution in [3.8, 4) is 0 Å². The number of fused-ring (bicyclic) bond motifs is 1. The Kier molecular flexibility index (Phi) is 4.96. The Morgan fingerprint density at radius 1 is 1.11 bits per heavy atom. The van der Waals surface area contributed by atoms with Gasteiger partial charge in [-0.25, -0.2) is 9.69 Å². The molecule has 0 spiro atoms. The number of ether oxygens (including phenoxy) is 1. The largest absolute Gasteiger partial charge is 0.462 e. The molecule has 2 heterocycles. The van der Waals surface area contributed by atoms with Crippen molar-refractivity contribution in [3.63, 3.8) is 0 Å². The highest BCUT2D eigenvalue weighted by Gasteiger charge is 2.46. The number of nitrogens with zero attached hydrogens (tertiary/aromatic N) is 1. The summed E-state index contributed by atoms with van der Waals surface area (Å²) in [5, 5.41) is 0. The van der Waals surface area contributed by atoms with Gasteiger partial charge in [0.25, 0.3) is 5.91 Å². The molecule has 1 fully saturated rings. The average Bonchev–Trinajstić information content (AvgIpc) is 3.02. The number of anilines is 1. The summed E-state index contributed by atoms with van der Waals surface area (Å²) in [4.78, 5) is 39.8. The molecule has 1 saturated heterocycles. The standard InChI is InChI=1S/C22H22N2O4/c1-2-28-22(27)16-7-9-18(10-8-16)24-20(25)13-19(21(24)26)23-12-11-15-5-3-4-6-17(15)14-23/h3-10,19H,2,11-14H2,1H3/p+1/t19-/m0/s1. The third kappa shape index (κ3) is 3.31. The normalized spacial score (nSPS) is 21.5. The van der Waals surface area contributed by atoms with Gasteiger partial charge in [0, 0.05) is 12.0 Å². The summed E-state index contributed by atoms with van der Waals surface area (Å²) in [7, 11) is 0. The second-order valence-corrected chi connectivity index (χ2v) is 7.20. The van der Waals surface area contributed by atoms with Crippen LogP contribution in [-0.2, 0) is 27.3 Å². The zero-order chi connectivity index (χ0) is 19.7. The summed E-state index contributed by atoms with van der Waals surface area (Å²) < 4.78 is 4.97. The van der Waals surface area contributed by atoms with Crippen molar-refractivity contribution >= 4 is 23.5 Å². The second kappa shape index (κ2) is 7.56. The first-order valence-electron chi connectivity index (χ1n) is 9.64. The van der Waals surface area contributed by atoms with Crippen molar-refractivity contribution in [2.24, 2.45) is 0 Å². The fourth-order valence-electron chi connectivity index (χ4n) is 4.08. The predicted molar refractivity (Wildman–Crippen MR) is 103 cm³/mol. The second-order valence-electron chi connectivity index (χ2n) is 7.20. The zero-order valence-electron chi connectivity index (χ0n) is 15.8. The van der Waals surface area contributed by atoms with Crippen LogP contribution < -0.4 is 9.80 Å². The van der Waals surface area contributed by atoms with Gasteiger partial charge in [-0.05, 0) is 36.8 Å². The van der Waals surface area contributed by atoms with E-state index in [1.807, 2.05) is 12.1 Å². The molecule has 2 aliphatic rings. The lowest BCUT2D eigenvalue weighted by Crippen LogP contribution is -3.16. The Balaban J connectivity index is 1.51. The van der Waals surface area contributed by atoms with Gasteiger partial charge in [0.2, 0.25) is 5.91 Å². The summed E-state index contributed by atoms with van der Waals surface area (Å²) in [6.07, 6.45) is 1.13. The monoisotopic (exact) mass is 379 g/mol. The number of nitrogens with one attached hydrogen (secondary N) is 1. The van der Waals surface area contributed by atoms with E-state index in [9.17, 15) is 14.4 Å². The molecule has 0 saturated carbocycles. The number of hydrogen-bond acceptors (Lipinski definition) is 4. The third-order valence-corrected chi connectivity index (χ3v) is 5.53. The number of rotatable bonds is 4. The van der Waals surface area contributed by atoms with Crippen molar-refractivity contribution in [3.05, 3.63) is 65.2 Å². The van der Waals surface area contributed by atoms with E-state index in [0.29, 0.717) is 17.9 Å². The van der Waals surface area contributed by atoms with Gasteiger partial charge in [0.05, 0.1) is 30.8 Å². The average molecular weight is 379 g/mol. The van der Waals surface area contributed by atoms with Crippen LogP contribution in [0.5, 0.6) is 0 Å². The first-order chi connectivity index (χ1) is 13.6. The number of hydrogen-bond donors (Lipinski definition) is 1. The maximum Gasteiger partial charge on any atom is 0.338 e. The van der Waals surface area contributed by atoms with E-state index in [1.54, 1.807) is 31.2 Å². The van der Waals surface area contributed by atoms with Gasteiger partial charge in [0.1, 0.15) is 6.54 Å². The SMILES string of the molecule is CCOC(=O)c1ccc(N2C(=O)C[C@H]([NH+]3CCc4ccccc4C3)C2=O)cc1. The summed E-state index contributed by atoms with van der Waals surface area (Å²) in [6, 6.07) is 14.4. The molecule has 0 aromatic heterocycles. The molecule has 2 atom stereocenters. The Morgan fingerprint density at radius 2 is 1.82 bits per heavy atom. The van der Waals surface area contributed by atoms with Crippen LogP contribution in [0.4, 0.5) is 5.69 Å². The van der Waals surface area contributed by atoms with Gasteiger partial charge in [0.15, 0.2) is 6.04 Å². The van der Waals surface area contributed by atoms with Crippen molar-refractivity contribution in [2.75, 3.05) is 18.1 Å². The van der Waals surface area contributed by atoms with Gasteiger partial charge >= 0.3 is 5.97 Å². The molecule has 2 aromatic rings. The van der Waals surface area contributed by atoms with Crippen LogP contribution in [0, 0.1) is 0 Å². The molecular weight excluding hydrogens is 356 g/mol. The molecule has 2 aromatic carbocycles. The Bertz CT molecular complexity index is 922.